The fourth-order valence-corrected chi connectivity index (χ4v) is 2.65. The summed E-state index contributed by atoms with van der Waals surface area (Å²) in [5, 5.41) is 0. The molecule has 0 radical (unpaired) electrons. The summed E-state index contributed by atoms with van der Waals surface area (Å²) < 4.78 is 5.53. The van der Waals surface area contributed by atoms with E-state index in [9.17, 15) is 0 Å². The Kier molecular flexibility index (Phi) is 4.77. The van der Waals surface area contributed by atoms with Crippen LogP contribution in [0, 0.1) is 13.8 Å². The van der Waals surface area contributed by atoms with Crippen LogP contribution in [-0.2, 0) is 6.42 Å². The Morgan fingerprint density at radius 1 is 1.15 bits per heavy atom. The summed E-state index contributed by atoms with van der Waals surface area (Å²) in [6.45, 7) is 4.17. The van der Waals surface area contributed by atoms with Gasteiger partial charge in [0.25, 0.3) is 0 Å². The third kappa shape index (κ3) is 3.18. The molecule has 0 saturated carbocycles. The van der Waals surface area contributed by atoms with Gasteiger partial charge in [0.15, 0.2) is 0 Å². The van der Waals surface area contributed by atoms with Gasteiger partial charge in [-0.3, -0.25) is 11.3 Å². The van der Waals surface area contributed by atoms with E-state index in [1.165, 1.54) is 16.7 Å². The Balaban J connectivity index is 2.37. The molecule has 0 spiro atoms. The number of ether oxygens (including phenoxy) is 1. The van der Waals surface area contributed by atoms with Gasteiger partial charge in [0.1, 0.15) is 5.75 Å². The summed E-state index contributed by atoms with van der Waals surface area (Å²) in [5.41, 5.74) is 7.69. The molecular formula is C17H22N2O. The topological polar surface area (TPSA) is 47.3 Å². The van der Waals surface area contributed by atoms with Gasteiger partial charge in [-0.1, -0.05) is 36.4 Å². The summed E-state index contributed by atoms with van der Waals surface area (Å²) in [4.78, 5) is 0. The molecule has 0 fully saturated rings. The van der Waals surface area contributed by atoms with E-state index >= 15 is 0 Å². The Morgan fingerprint density at radius 3 is 2.45 bits per heavy atom. The van der Waals surface area contributed by atoms with Crippen LogP contribution in [0.2, 0.25) is 0 Å². The molecule has 0 aromatic heterocycles. The minimum Gasteiger partial charge on any atom is -0.496 e. The maximum absolute atomic E-state index is 5.78. The van der Waals surface area contributed by atoms with Gasteiger partial charge in [0, 0.05) is 5.56 Å². The number of rotatable bonds is 5. The lowest BCUT2D eigenvalue weighted by Gasteiger charge is -2.22. The highest BCUT2D eigenvalue weighted by molar-refractivity contribution is 5.45. The van der Waals surface area contributed by atoms with Crippen molar-refractivity contribution in [3.63, 3.8) is 0 Å². The van der Waals surface area contributed by atoms with Crippen LogP contribution in [-0.4, -0.2) is 7.11 Å². The van der Waals surface area contributed by atoms with Gasteiger partial charge in [-0.15, -0.1) is 0 Å². The Hall–Kier alpha value is -1.84. The van der Waals surface area contributed by atoms with Crippen molar-refractivity contribution in [2.24, 2.45) is 5.84 Å². The molecule has 0 aliphatic heterocycles. The second-order valence-corrected chi connectivity index (χ2v) is 5.11. The fourth-order valence-electron chi connectivity index (χ4n) is 2.65. The SMILES string of the molecule is COc1cc(C)cc(C)c1C(Cc1ccccc1)NN. The van der Waals surface area contributed by atoms with Crippen molar-refractivity contribution in [1.29, 1.82) is 0 Å². The Labute approximate surface area is 120 Å². The van der Waals surface area contributed by atoms with Gasteiger partial charge in [-0.25, -0.2) is 0 Å². The zero-order valence-corrected chi connectivity index (χ0v) is 12.3. The molecule has 0 bridgehead atoms. The van der Waals surface area contributed by atoms with Crippen molar-refractivity contribution < 1.29 is 4.74 Å². The molecule has 3 heteroatoms. The smallest absolute Gasteiger partial charge is 0.124 e. The van der Waals surface area contributed by atoms with E-state index in [1.54, 1.807) is 7.11 Å². The number of hydrogen-bond donors (Lipinski definition) is 2. The van der Waals surface area contributed by atoms with Crippen LogP contribution >= 0.6 is 0 Å². The summed E-state index contributed by atoms with van der Waals surface area (Å²) in [5.74, 6) is 6.67. The van der Waals surface area contributed by atoms with Gasteiger partial charge in [-0.05, 0) is 43.0 Å². The summed E-state index contributed by atoms with van der Waals surface area (Å²) in [7, 11) is 1.70. The largest absolute Gasteiger partial charge is 0.496 e. The van der Waals surface area contributed by atoms with Crippen LogP contribution in [0.25, 0.3) is 0 Å². The second kappa shape index (κ2) is 6.55. The molecule has 3 nitrogen and oxygen atoms in total. The molecule has 3 N–H and O–H groups in total. The monoisotopic (exact) mass is 270 g/mol. The highest BCUT2D eigenvalue weighted by Crippen LogP contribution is 2.31. The van der Waals surface area contributed by atoms with E-state index in [0.29, 0.717) is 0 Å². The van der Waals surface area contributed by atoms with Crippen LogP contribution < -0.4 is 16.0 Å². The first-order chi connectivity index (χ1) is 9.65. The summed E-state index contributed by atoms with van der Waals surface area (Å²) in [6, 6.07) is 14.6. The Morgan fingerprint density at radius 2 is 1.85 bits per heavy atom. The normalized spacial score (nSPS) is 12.2. The van der Waals surface area contributed by atoms with Gasteiger partial charge < -0.3 is 4.74 Å². The number of benzene rings is 2. The first-order valence-corrected chi connectivity index (χ1v) is 6.81. The van der Waals surface area contributed by atoms with Crippen LogP contribution in [0.1, 0.15) is 28.3 Å². The summed E-state index contributed by atoms with van der Waals surface area (Å²) in [6.07, 6.45) is 0.831. The molecule has 0 aliphatic rings. The zero-order chi connectivity index (χ0) is 14.5. The molecule has 0 saturated heterocycles. The van der Waals surface area contributed by atoms with Crippen LogP contribution in [0.15, 0.2) is 42.5 Å². The van der Waals surface area contributed by atoms with E-state index in [2.05, 4.69) is 43.5 Å². The number of nitrogens with two attached hydrogens (primary N) is 1. The molecule has 2 aromatic rings. The predicted octanol–water partition coefficient (Wildman–Crippen LogP) is 3.06. The highest BCUT2D eigenvalue weighted by atomic mass is 16.5. The number of methoxy groups -OCH3 is 1. The summed E-state index contributed by atoms with van der Waals surface area (Å²) >= 11 is 0. The molecule has 0 heterocycles. The molecule has 0 amide bonds. The minimum atomic E-state index is 0.0351. The van der Waals surface area contributed by atoms with Crippen molar-refractivity contribution in [2.45, 2.75) is 26.3 Å². The van der Waals surface area contributed by atoms with Crippen LogP contribution in [0.4, 0.5) is 0 Å². The van der Waals surface area contributed by atoms with E-state index in [1.807, 2.05) is 18.2 Å². The van der Waals surface area contributed by atoms with E-state index in [4.69, 9.17) is 10.6 Å². The lowest BCUT2D eigenvalue weighted by Crippen LogP contribution is -2.30. The van der Waals surface area contributed by atoms with E-state index < -0.39 is 0 Å². The number of aryl methyl sites for hydroxylation is 2. The van der Waals surface area contributed by atoms with Crippen molar-refractivity contribution in [2.75, 3.05) is 7.11 Å². The van der Waals surface area contributed by atoms with Crippen molar-refractivity contribution in [3.05, 3.63) is 64.7 Å². The third-order valence-electron chi connectivity index (χ3n) is 3.55. The number of nitrogens with one attached hydrogen (secondary N) is 1. The maximum Gasteiger partial charge on any atom is 0.124 e. The molecule has 20 heavy (non-hydrogen) atoms. The standard InChI is InChI=1S/C17H22N2O/c1-12-9-13(2)17(16(10-12)20-3)15(19-18)11-14-7-5-4-6-8-14/h4-10,15,19H,11,18H2,1-3H3. The van der Waals surface area contributed by atoms with Crippen LogP contribution in [0.3, 0.4) is 0 Å². The third-order valence-corrected chi connectivity index (χ3v) is 3.55. The molecule has 1 atom stereocenters. The minimum absolute atomic E-state index is 0.0351. The number of hydrazine groups is 1. The quantitative estimate of drug-likeness (QED) is 0.648. The number of hydrogen-bond acceptors (Lipinski definition) is 3. The molecule has 2 rings (SSSR count). The van der Waals surface area contributed by atoms with Crippen molar-refractivity contribution in [3.8, 4) is 5.75 Å². The lowest BCUT2D eigenvalue weighted by molar-refractivity contribution is 0.398. The molecule has 0 aliphatic carbocycles. The average molecular weight is 270 g/mol. The van der Waals surface area contributed by atoms with Gasteiger partial charge >= 0.3 is 0 Å². The van der Waals surface area contributed by atoms with E-state index in [0.717, 1.165) is 17.7 Å². The first-order valence-electron chi connectivity index (χ1n) is 6.81. The fraction of sp³-hybridized carbons (Fsp3) is 0.294. The Bertz CT molecular complexity index is 567. The second-order valence-electron chi connectivity index (χ2n) is 5.11. The molecule has 2 aromatic carbocycles. The lowest BCUT2D eigenvalue weighted by atomic mass is 9.93. The molecular weight excluding hydrogens is 248 g/mol. The van der Waals surface area contributed by atoms with Gasteiger partial charge in [0.05, 0.1) is 13.2 Å². The van der Waals surface area contributed by atoms with Gasteiger partial charge in [-0.2, -0.15) is 0 Å². The maximum atomic E-state index is 5.78. The predicted molar refractivity (Wildman–Crippen MR) is 82.7 cm³/mol. The van der Waals surface area contributed by atoms with E-state index in [-0.39, 0.29) is 6.04 Å². The van der Waals surface area contributed by atoms with Gasteiger partial charge in [0.2, 0.25) is 0 Å². The molecule has 106 valence electrons. The zero-order valence-electron chi connectivity index (χ0n) is 12.3. The molecule has 1 unspecified atom stereocenters. The van der Waals surface area contributed by atoms with Crippen LogP contribution in [0.5, 0.6) is 5.75 Å². The van der Waals surface area contributed by atoms with Crippen molar-refractivity contribution in [1.82, 2.24) is 5.43 Å². The van der Waals surface area contributed by atoms with Crippen molar-refractivity contribution >= 4 is 0 Å². The highest BCUT2D eigenvalue weighted by Gasteiger charge is 2.18. The average Bonchev–Trinajstić information content (AvgIpc) is 2.45. The first kappa shape index (κ1) is 14.6.